The van der Waals surface area contributed by atoms with Crippen molar-refractivity contribution in [2.24, 2.45) is 5.73 Å². The molecule has 3 aromatic heterocycles. The molecule has 3 heterocycles. The smallest absolute Gasteiger partial charge is 0.366 e. The van der Waals surface area contributed by atoms with Crippen molar-refractivity contribution in [2.75, 3.05) is 0 Å². The van der Waals surface area contributed by atoms with Crippen LogP contribution in [-0.4, -0.2) is 20.9 Å². The van der Waals surface area contributed by atoms with E-state index < -0.39 is 23.3 Å². The van der Waals surface area contributed by atoms with Gasteiger partial charge in [-0.05, 0) is 41.8 Å². The molecule has 0 saturated heterocycles. The van der Waals surface area contributed by atoms with E-state index in [2.05, 4.69) is 15.0 Å². The first kappa shape index (κ1) is 15.9. The average Bonchev–Trinajstić information content (AvgIpc) is 2.54. The monoisotopic (exact) mass is 332 g/mol. The topological polar surface area (TPSA) is 81.8 Å². The van der Waals surface area contributed by atoms with E-state index in [9.17, 15) is 18.0 Å². The van der Waals surface area contributed by atoms with Crippen LogP contribution in [0.2, 0.25) is 0 Å². The van der Waals surface area contributed by atoms with Crippen LogP contribution in [0.3, 0.4) is 0 Å². The molecule has 0 spiro atoms. The number of pyridine rings is 3. The highest BCUT2D eigenvalue weighted by molar-refractivity contribution is 6.00. The second-order valence-electron chi connectivity index (χ2n) is 5.08. The Labute approximate surface area is 134 Å². The SMILES string of the molecule is NC(=O)c1c(C(F)(F)F)nc2ncccc2c1Cc1ccncc1. The van der Waals surface area contributed by atoms with Crippen molar-refractivity contribution in [3.63, 3.8) is 0 Å². The Morgan fingerprint density at radius 2 is 1.83 bits per heavy atom. The summed E-state index contributed by atoms with van der Waals surface area (Å²) in [6.45, 7) is 0. The van der Waals surface area contributed by atoms with Crippen molar-refractivity contribution in [2.45, 2.75) is 12.6 Å². The Balaban J connectivity index is 2.35. The molecule has 122 valence electrons. The van der Waals surface area contributed by atoms with E-state index in [-0.39, 0.29) is 17.6 Å². The van der Waals surface area contributed by atoms with Crippen molar-refractivity contribution in [3.8, 4) is 0 Å². The van der Waals surface area contributed by atoms with E-state index in [1.54, 1.807) is 24.3 Å². The second kappa shape index (κ2) is 5.88. The van der Waals surface area contributed by atoms with Gasteiger partial charge in [0.15, 0.2) is 11.3 Å². The number of primary amides is 1. The summed E-state index contributed by atoms with van der Waals surface area (Å²) in [5, 5.41) is 0.358. The molecule has 0 aliphatic heterocycles. The van der Waals surface area contributed by atoms with Crippen molar-refractivity contribution in [1.82, 2.24) is 15.0 Å². The number of amides is 1. The van der Waals surface area contributed by atoms with Gasteiger partial charge in [0.1, 0.15) is 0 Å². The molecule has 3 aromatic rings. The molecule has 0 aliphatic rings. The lowest BCUT2D eigenvalue weighted by Gasteiger charge is -2.16. The van der Waals surface area contributed by atoms with E-state index in [1.807, 2.05) is 0 Å². The maximum absolute atomic E-state index is 13.3. The zero-order valence-electron chi connectivity index (χ0n) is 12.2. The molecule has 5 nitrogen and oxygen atoms in total. The summed E-state index contributed by atoms with van der Waals surface area (Å²) >= 11 is 0. The Morgan fingerprint density at radius 3 is 2.46 bits per heavy atom. The number of hydrogen-bond acceptors (Lipinski definition) is 4. The number of nitrogens with two attached hydrogens (primary N) is 1. The lowest BCUT2D eigenvalue weighted by atomic mass is 9.95. The first-order chi connectivity index (χ1) is 11.4. The summed E-state index contributed by atoms with van der Waals surface area (Å²) in [5.74, 6) is -1.18. The van der Waals surface area contributed by atoms with Crippen LogP contribution in [0.25, 0.3) is 11.0 Å². The molecule has 0 aliphatic carbocycles. The van der Waals surface area contributed by atoms with Gasteiger partial charge < -0.3 is 5.73 Å². The molecular formula is C16H11F3N4O. The van der Waals surface area contributed by atoms with Crippen LogP contribution in [0.5, 0.6) is 0 Å². The summed E-state index contributed by atoms with van der Waals surface area (Å²) in [6, 6.07) is 6.44. The third-order valence-electron chi connectivity index (χ3n) is 3.51. The van der Waals surface area contributed by atoms with Gasteiger partial charge in [0.25, 0.3) is 5.91 Å². The fourth-order valence-corrected chi connectivity index (χ4v) is 2.52. The Morgan fingerprint density at radius 1 is 1.12 bits per heavy atom. The third-order valence-corrected chi connectivity index (χ3v) is 3.51. The number of fused-ring (bicyclic) bond motifs is 1. The van der Waals surface area contributed by atoms with Gasteiger partial charge in [0, 0.05) is 24.0 Å². The minimum absolute atomic E-state index is 0.0780. The quantitative estimate of drug-likeness (QED) is 0.799. The highest BCUT2D eigenvalue weighted by atomic mass is 19.4. The molecule has 2 N–H and O–H groups in total. The fourth-order valence-electron chi connectivity index (χ4n) is 2.52. The van der Waals surface area contributed by atoms with E-state index in [0.29, 0.717) is 10.9 Å². The van der Waals surface area contributed by atoms with Crippen molar-refractivity contribution >= 4 is 16.9 Å². The van der Waals surface area contributed by atoms with Crippen LogP contribution >= 0.6 is 0 Å². The fraction of sp³-hybridized carbons (Fsp3) is 0.125. The molecular weight excluding hydrogens is 321 g/mol. The van der Waals surface area contributed by atoms with E-state index in [0.717, 1.165) is 0 Å². The summed E-state index contributed by atoms with van der Waals surface area (Å²) in [6.07, 6.45) is -0.357. The van der Waals surface area contributed by atoms with Crippen LogP contribution in [0.15, 0.2) is 42.9 Å². The maximum Gasteiger partial charge on any atom is 0.434 e. The highest BCUT2D eigenvalue weighted by Crippen LogP contribution is 2.35. The molecule has 8 heteroatoms. The summed E-state index contributed by atoms with van der Waals surface area (Å²) in [5.41, 5.74) is 4.06. The predicted molar refractivity (Wildman–Crippen MR) is 80.1 cm³/mol. The minimum atomic E-state index is -4.82. The zero-order chi connectivity index (χ0) is 17.3. The van der Waals surface area contributed by atoms with Crippen LogP contribution in [0, 0.1) is 0 Å². The first-order valence-electron chi connectivity index (χ1n) is 6.91. The Kier molecular flexibility index (Phi) is 3.88. The number of alkyl halides is 3. The van der Waals surface area contributed by atoms with Gasteiger partial charge in [0.2, 0.25) is 0 Å². The number of nitrogens with zero attached hydrogens (tertiary/aromatic N) is 3. The molecule has 24 heavy (non-hydrogen) atoms. The number of carbonyl (C=O) groups is 1. The highest BCUT2D eigenvalue weighted by Gasteiger charge is 2.39. The van der Waals surface area contributed by atoms with Gasteiger partial charge in [-0.1, -0.05) is 0 Å². The van der Waals surface area contributed by atoms with Crippen LogP contribution in [-0.2, 0) is 12.6 Å². The van der Waals surface area contributed by atoms with Gasteiger partial charge in [-0.3, -0.25) is 9.78 Å². The molecule has 0 atom stereocenters. The molecule has 0 fully saturated rings. The zero-order valence-corrected chi connectivity index (χ0v) is 12.2. The van der Waals surface area contributed by atoms with Gasteiger partial charge >= 0.3 is 6.18 Å². The van der Waals surface area contributed by atoms with Gasteiger partial charge in [-0.2, -0.15) is 13.2 Å². The van der Waals surface area contributed by atoms with Crippen molar-refractivity contribution in [1.29, 1.82) is 0 Å². The molecule has 0 bridgehead atoms. The largest absolute Gasteiger partial charge is 0.434 e. The van der Waals surface area contributed by atoms with Gasteiger partial charge in [0.05, 0.1) is 5.56 Å². The number of hydrogen-bond donors (Lipinski definition) is 1. The van der Waals surface area contributed by atoms with Crippen LogP contribution < -0.4 is 5.73 Å². The first-order valence-corrected chi connectivity index (χ1v) is 6.91. The Hall–Kier alpha value is -3.03. The average molecular weight is 332 g/mol. The molecule has 0 aromatic carbocycles. The van der Waals surface area contributed by atoms with E-state index >= 15 is 0 Å². The number of carbonyl (C=O) groups excluding carboxylic acids is 1. The summed E-state index contributed by atoms with van der Waals surface area (Å²) in [4.78, 5) is 23.0. The van der Waals surface area contributed by atoms with E-state index in [1.165, 1.54) is 18.6 Å². The van der Waals surface area contributed by atoms with Crippen LogP contribution in [0.4, 0.5) is 13.2 Å². The van der Waals surface area contributed by atoms with Gasteiger partial charge in [-0.15, -0.1) is 0 Å². The van der Waals surface area contributed by atoms with Crippen molar-refractivity contribution in [3.05, 3.63) is 65.2 Å². The second-order valence-corrected chi connectivity index (χ2v) is 5.08. The Bertz CT molecular complexity index is 910. The molecule has 3 rings (SSSR count). The molecule has 1 amide bonds. The molecule has 0 saturated carbocycles. The maximum atomic E-state index is 13.3. The lowest BCUT2D eigenvalue weighted by Crippen LogP contribution is -2.23. The number of rotatable bonds is 3. The van der Waals surface area contributed by atoms with Gasteiger partial charge in [-0.25, -0.2) is 9.97 Å². The van der Waals surface area contributed by atoms with E-state index in [4.69, 9.17) is 5.73 Å². The number of halogens is 3. The number of aromatic nitrogens is 3. The minimum Gasteiger partial charge on any atom is -0.366 e. The predicted octanol–water partition coefficient (Wildman–Crippen LogP) is 2.73. The van der Waals surface area contributed by atoms with Crippen LogP contribution in [0.1, 0.15) is 27.2 Å². The standard InChI is InChI=1S/C16H11F3N4O/c17-16(18,19)13-12(14(20)24)11(8-9-3-6-21-7-4-9)10-2-1-5-22-15(10)23-13/h1-7H,8H2,(H2,20,24). The van der Waals surface area contributed by atoms with Crippen molar-refractivity contribution < 1.29 is 18.0 Å². The molecule has 0 radical (unpaired) electrons. The normalized spacial score (nSPS) is 11.6. The summed E-state index contributed by atoms with van der Waals surface area (Å²) in [7, 11) is 0. The third kappa shape index (κ3) is 2.90. The lowest BCUT2D eigenvalue weighted by molar-refractivity contribution is -0.141. The summed E-state index contributed by atoms with van der Waals surface area (Å²) < 4.78 is 40.0. The molecule has 0 unspecified atom stereocenters.